The summed E-state index contributed by atoms with van der Waals surface area (Å²) in [4.78, 5) is 0. The van der Waals surface area contributed by atoms with E-state index in [0.717, 1.165) is 11.8 Å². The van der Waals surface area contributed by atoms with Crippen LogP contribution in [0, 0.1) is 25.7 Å². The smallest absolute Gasteiger partial charge is 0.0372 e. The molecule has 1 aliphatic rings. The van der Waals surface area contributed by atoms with Crippen LogP contribution in [-0.2, 0) is 0 Å². The maximum absolute atomic E-state index is 3.78. The van der Waals surface area contributed by atoms with Gasteiger partial charge in [0.2, 0.25) is 0 Å². The number of nitrogens with one attached hydrogen (secondary N) is 1. The minimum Gasteiger partial charge on any atom is -0.382 e. The Morgan fingerprint density at radius 1 is 1.05 bits per heavy atom. The summed E-state index contributed by atoms with van der Waals surface area (Å²) in [6.07, 6.45) is 6.85. The molecule has 1 nitrogen and oxygen atoms in total. The second kappa shape index (κ2) is 6.45. The van der Waals surface area contributed by atoms with Crippen LogP contribution in [0.25, 0.3) is 0 Å². The predicted octanol–water partition coefficient (Wildman–Crippen LogP) is 5.32. The van der Waals surface area contributed by atoms with Crippen LogP contribution in [0.15, 0.2) is 18.2 Å². The van der Waals surface area contributed by atoms with E-state index < -0.39 is 0 Å². The zero-order valence-electron chi connectivity index (χ0n) is 13.0. The Bertz CT molecular complexity index is 408. The second-order valence-electron chi connectivity index (χ2n) is 6.67. The third-order valence-corrected chi connectivity index (χ3v) is 4.70. The topological polar surface area (TPSA) is 12.0 Å². The van der Waals surface area contributed by atoms with Gasteiger partial charge in [-0.05, 0) is 56.6 Å². The summed E-state index contributed by atoms with van der Waals surface area (Å²) < 4.78 is 0. The van der Waals surface area contributed by atoms with Crippen molar-refractivity contribution in [2.45, 2.75) is 65.8 Å². The van der Waals surface area contributed by atoms with Crippen molar-refractivity contribution in [1.82, 2.24) is 0 Å². The maximum atomic E-state index is 3.78. The van der Waals surface area contributed by atoms with Crippen LogP contribution in [0.5, 0.6) is 0 Å². The highest BCUT2D eigenvalue weighted by molar-refractivity contribution is 5.52. The molecule has 1 saturated carbocycles. The van der Waals surface area contributed by atoms with E-state index in [4.69, 9.17) is 0 Å². The summed E-state index contributed by atoms with van der Waals surface area (Å²) in [6.45, 7) is 9.13. The van der Waals surface area contributed by atoms with Crippen molar-refractivity contribution >= 4 is 5.69 Å². The van der Waals surface area contributed by atoms with Gasteiger partial charge in [0.25, 0.3) is 0 Å². The quantitative estimate of drug-likeness (QED) is 0.724. The summed E-state index contributed by atoms with van der Waals surface area (Å²) in [6, 6.07) is 7.40. The molecule has 2 unspecified atom stereocenters. The summed E-state index contributed by atoms with van der Waals surface area (Å²) >= 11 is 0. The summed E-state index contributed by atoms with van der Waals surface area (Å²) in [5.74, 6) is 1.78. The van der Waals surface area contributed by atoms with Crippen molar-refractivity contribution in [3.63, 3.8) is 0 Å². The van der Waals surface area contributed by atoms with Crippen molar-refractivity contribution in [1.29, 1.82) is 0 Å². The van der Waals surface area contributed by atoms with Gasteiger partial charge in [0.05, 0.1) is 0 Å². The third-order valence-electron chi connectivity index (χ3n) is 4.70. The van der Waals surface area contributed by atoms with Gasteiger partial charge in [-0.3, -0.25) is 0 Å². The zero-order chi connectivity index (χ0) is 13.8. The molecule has 0 heterocycles. The van der Waals surface area contributed by atoms with Gasteiger partial charge in [0.15, 0.2) is 0 Å². The second-order valence-corrected chi connectivity index (χ2v) is 6.67. The Hall–Kier alpha value is -0.980. The molecule has 106 valence electrons. The monoisotopic (exact) mass is 259 g/mol. The lowest BCUT2D eigenvalue weighted by molar-refractivity contribution is 0.341. The molecule has 2 atom stereocenters. The molecule has 0 spiro atoms. The molecule has 1 aromatic rings. The van der Waals surface area contributed by atoms with E-state index in [2.05, 4.69) is 51.2 Å². The van der Waals surface area contributed by atoms with E-state index in [1.807, 2.05) is 0 Å². The van der Waals surface area contributed by atoms with E-state index in [9.17, 15) is 0 Å². The summed E-state index contributed by atoms with van der Waals surface area (Å²) in [5, 5.41) is 3.78. The van der Waals surface area contributed by atoms with E-state index in [1.165, 1.54) is 48.9 Å². The highest BCUT2D eigenvalue weighted by Crippen LogP contribution is 2.30. The van der Waals surface area contributed by atoms with Gasteiger partial charge in [0, 0.05) is 11.7 Å². The molecule has 0 radical (unpaired) electrons. The average molecular weight is 259 g/mol. The largest absolute Gasteiger partial charge is 0.382 e. The van der Waals surface area contributed by atoms with Gasteiger partial charge in [-0.15, -0.1) is 0 Å². The standard InChI is InChI=1S/C18H29N/c1-13(2)16-6-5-7-17(10-9-16)19-18-11-8-14(3)12-15(18)4/h8,11-13,16-17,19H,5-7,9-10H2,1-4H3. The van der Waals surface area contributed by atoms with E-state index in [-0.39, 0.29) is 0 Å². The third kappa shape index (κ3) is 3.99. The van der Waals surface area contributed by atoms with Gasteiger partial charge in [-0.1, -0.05) is 44.4 Å². The van der Waals surface area contributed by atoms with Crippen molar-refractivity contribution < 1.29 is 0 Å². The van der Waals surface area contributed by atoms with Crippen LogP contribution in [0.4, 0.5) is 5.69 Å². The van der Waals surface area contributed by atoms with Crippen molar-refractivity contribution in [3.8, 4) is 0 Å². The van der Waals surface area contributed by atoms with Crippen LogP contribution in [0.3, 0.4) is 0 Å². The Morgan fingerprint density at radius 2 is 1.84 bits per heavy atom. The fourth-order valence-electron chi connectivity index (χ4n) is 3.34. The molecule has 1 N–H and O–H groups in total. The van der Waals surface area contributed by atoms with Crippen LogP contribution in [-0.4, -0.2) is 6.04 Å². The van der Waals surface area contributed by atoms with Gasteiger partial charge in [-0.25, -0.2) is 0 Å². The van der Waals surface area contributed by atoms with Crippen LogP contribution in [0.1, 0.15) is 57.1 Å². The normalized spacial score (nSPS) is 24.3. The molecule has 1 fully saturated rings. The summed E-state index contributed by atoms with van der Waals surface area (Å²) in [5.41, 5.74) is 4.06. The SMILES string of the molecule is Cc1ccc(NC2CCCC(C(C)C)CC2)c(C)c1. The molecule has 0 saturated heterocycles. The highest BCUT2D eigenvalue weighted by atomic mass is 14.9. The van der Waals surface area contributed by atoms with Gasteiger partial charge >= 0.3 is 0 Å². The number of rotatable bonds is 3. The van der Waals surface area contributed by atoms with Crippen LogP contribution < -0.4 is 5.32 Å². The minimum absolute atomic E-state index is 0.671. The van der Waals surface area contributed by atoms with Crippen LogP contribution in [0.2, 0.25) is 0 Å². The molecule has 2 rings (SSSR count). The molecule has 1 aliphatic carbocycles. The predicted molar refractivity (Wildman–Crippen MR) is 84.7 cm³/mol. The van der Waals surface area contributed by atoms with E-state index in [0.29, 0.717) is 6.04 Å². The number of anilines is 1. The zero-order valence-corrected chi connectivity index (χ0v) is 13.0. The van der Waals surface area contributed by atoms with Gasteiger partial charge in [-0.2, -0.15) is 0 Å². The first-order valence-corrected chi connectivity index (χ1v) is 7.90. The molecule has 1 heteroatoms. The van der Waals surface area contributed by atoms with Crippen molar-refractivity contribution in [2.24, 2.45) is 11.8 Å². The van der Waals surface area contributed by atoms with Crippen LogP contribution >= 0.6 is 0 Å². The lowest BCUT2D eigenvalue weighted by Crippen LogP contribution is -2.19. The molecule has 1 aromatic carbocycles. The molecule has 19 heavy (non-hydrogen) atoms. The Morgan fingerprint density at radius 3 is 2.53 bits per heavy atom. The Labute approximate surface area is 118 Å². The van der Waals surface area contributed by atoms with Gasteiger partial charge < -0.3 is 5.32 Å². The fraction of sp³-hybridized carbons (Fsp3) is 0.667. The minimum atomic E-state index is 0.671. The number of benzene rings is 1. The van der Waals surface area contributed by atoms with E-state index in [1.54, 1.807) is 0 Å². The number of hydrogen-bond donors (Lipinski definition) is 1. The fourth-order valence-corrected chi connectivity index (χ4v) is 3.34. The highest BCUT2D eigenvalue weighted by Gasteiger charge is 2.21. The average Bonchev–Trinajstić information content (AvgIpc) is 2.58. The maximum Gasteiger partial charge on any atom is 0.0372 e. The lowest BCUT2D eigenvalue weighted by atomic mass is 9.89. The number of aryl methyl sites for hydroxylation is 2. The number of hydrogen-bond acceptors (Lipinski definition) is 1. The Balaban J connectivity index is 1.96. The van der Waals surface area contributed by atoms with Crippen molar-refractivity contribution in [3.05, 3.63) is 29.3 Å². The Kier molecular flexibility index (Phi) is 4.90. The molecule has 0 bridgehead atoms. The first-order valence-electron chi connectivity index (χ1n) is 7.90. The molecular weight excluding hydrogens is 230 g/mol. The first kappa shape index (κ1) is 14.4. The molecule has 0 amide bonds. The van der Waals surface area contributed by atoms with Gasteiger partial charge in [0.1, 0.15) is 0 Å². The van der Waals surface area contributed by atoms with E-state index >= 15 is 0 Å². The van der Waals surface area contributed by atoms with Crippen molar-refractivity contribution in [2.75, 3.05) is 5.32 Å². The molecule has 0 aliphatic heterocycles. The lowest BCUT2D eigenvalue weighted by Gasteiger charge is -2.21. The summed E-state index contributed by atoms with van der Waals surface area (Å²) in [7, 11) is 0. The molecular formula is C18H29N. The molecule has 0 aromatic heterocycles. The first-order chi connectivity index (χ1) is 9.06.